The molecular formula is C21H18ClN3O2S. The number of benzene rings is 2. The van der Waals surface area contributed by atoms with Crippen molar-refractivity contribution >= 4 is 40.4 Å². The number of hydrogen-bond acceptors (Lipinski definition) is 4. The molecule has 5 nitrogen and oxygen atoms in total. The highest BCUT2D eigenvalue weighted by molar-refractivity contribution is 7.17. The summed E-state index contributed by atoms with van der Waals surface area (Å²) in [6.45, 7) is 1.80. The second-order valence-electron chi connectivity index (χ2n) is 6.69. The summed E-state index contributed by atoms with van der Waals surface area (Å²) in [4.78, 5) is 30.3. The van der Waals surface area contributed by atoms with Crippen molar-refractivity contribution in [2.75, 3.05) is 5.32 Å². The number of thiazole rings is 1. The lowest BCUT2D eigenvalue weighted by Crippen LogP contribution is -2.27. The average molecular weight is 412 g/mol. The normalized spacial score (nSPS) is 13.2. The van der Waals surface area contributed by atoms with E-state index in [1.165, 1.54) is 11.3 Å². The number of anilines is 1. The number of para-hydroxylation sites is 1. The summed E-state index contributed by atoms with van der Waals surface area (Å²) < 4.78 is 0. The van der Waals surface area contributed by atoms with E-state index in [0.29, 0.717) is 26.8 Å². The van der Waals surface area contributed by atoms with Crippen LogP contribution >= 0.6 is 22.9 Å². The Labute approximate surface area is 171 Å². The van der Waals surface area contributed by atoms with E-state index in [0.717, 1.165) is 23.4 Å². The van der Waals surface area contributed by atoms with Crippen LogP contribution in [-0.4, -0.2) is 22.8 Å². The molecule has 0 atom stereocenters. The first-order valence-electron chi connectivity index (χ1n) is 8.96. The van der Waals surface area contributed by atoms with Gasteiger partial charge in [-0.15, -0.1) is 11.3 Å². The monoisotopic (exact) mass is 411 g/mol. The molecule has 1 saturated carbocycles. The molecule has 2 aromatic carbocycles. The lowest BCUT2D eigenvalue weighted by atomic mass is 10.1. The number of aromatic nitrogens is 1. The van der Waals surface area contributed by atoms with Crippen molar-refractivity contribution in [1.82, 2.24) is 10.3 Å². The minimum absolute atomic E-state index is 0.168. The van der Waals surface area contributed by atoms with E-state index < -0.39 is 0 Å². The van der Waals surface area contributed by atoms with Gasteiger partial charge in [-0.05, 0) is 44.0 Å². The number of aryl methyl sites for hydroxylation is 1. The first-order chi connectivity index (χ1) is 13.5. The topological polar surface area (TPSA) is 71.1 Å². The van der Waals surface area contributed by atoms with Gasteiger partial charge in [0.05, 0.1) is 16.9 Å². The maximum Gasteiger partial charge on any atom is 0.267 e. The van der Waals surface area contributed by atoms with Gasteiger partial charge in [-0.2, -0.15) is 0 Å². The van der Waals surface area contributed by atoms with Gasteiger partial charge < -0.3 is 10.6 Å². The summed E-state index contributed by atoms with van der Waals surface area (Å²) in [7, 11) is 0. The SMILES string of the molecule is Cc1nc(-c2cccc(Cl)c2)sc1C(=O)Nc1ccccc1C(=O)NC1CC1. The van der Waals surface area contributed by atoms with E-state index in [9.17, 15) is 9.59 Å². The zero-order chi connectivity index (χ0) is 19.7. The molecule has 1 heterocycles. The van der Waals surface area contributed by atoms with Crippen LogP contribution in [0.15, 0.2) is 48.5 Å². The molecule has 0 radical (unpaired) electrons. The predicted molar refractivity (Wildman–Crippen MR) is 112 cm³/mol. The smallest absolute Gasteiger partial charge is 0.267 e. The summed E-state index contributed by atoms with van der Waals surface area (Å²) in [5.41, 5.74) is 2.45. The van der Waals surface area contributed by atoms with Crippen LogP contribution in [-0.2, 0) is 0 Å². The molecule has 3 aromatic rings. The van der Waals surface area contributed by atoms with Gasteiger partial charge >= 0.3 is 0 Å². The fraction of sp³-hybridized carbons (Fsp3) is 0.190. The molecule has 0 unspecified atom stereocenters. The van der Waals surface area contributed by atoms with E-state index in [4.69, 9.17) is 11.6 Å². The molecular weight excluding hydrogens is 394 g/mol. The Morgan fingerprint density at radius 1 is 1.11 bits per heavy atom. The average Bonchev–Trinajstić information content (AvgIpc) is 3.40. The van der Waals surface area contributed by atoms with E-state index in [1.54, 1.807) is 37.3 Å². The summed E-state index contributed by atoms with van der Waals surface area (Å²) in [5, 5.41) is 7.16. The van der Waals surface area contributed by atoms with Crippen molar-refractivity contribution in [1.29, 1.82) is 0 Å². The van der Waals surface area contributed by atoms with Gasteiger partial charge in [-0.25, -0.2) is 4.98 Å². The van der Waals surface area contributed by atoms with Crippen LogP contribution in [0, 0.1) is 6.92 Å². The molecule has 1 aliphatic carbocycles. The Balaban J connectivity index is 1.57. The number of carbonyl (C=O) groups is 2. The van der Waals surface area contributed by atoms with Crippen molar-refractivity contribution < 1.29 is 9.59 Å². The van der Waals surface area contributed by atoms with Crippen LogP contribution in [0.4, 0.5) is 5.69 Å². The molecule has 0 aliphatic heterocycles. The van der Waals surface area contributed by atoms with Crippen molar-refractivity contribution in [2.45, 2.75) is 25.8 Å². The van der Waals surface area contributed by atoms with Crippen molar-refractivity contribution in [3.05, 3.63) is 69.7 Å². The standard InChI is InChI=1S/C21H18ClN3O2S/c1-12-18(28-21(23-12)13-5-4-6-14(22)11-13)20(27)25-17-8-3-2-7-16(17)19(26)24-15-9-10-15/h2-8,11,15H,9-10H2,1H3,(H,24,26)(H,25,27). The number of hydrogen-bond donors (Lipinski definition) is 2. The first-order valence-corrected chi connectivity index (χ1v) is 10.2. The number of amides is 2. The third-order valence-electron chi connectivity index (χ3n) is 4.41. The molecule has 28 heavy (non-hydrogen) atoms. The van der Waals surface area contributed by atoms with Crippen LogP contribution in [0.1, 0.15) is 38.6 Å². The minimum atomic E-state index is -0.282. The maximum absolute atomic E-state index is 12.9. The summed E-state index contributed by atoms with van der Waals surface area (Å²) in [6, 6.07) is 14.6. The highest BCUT2D eigenvalue weighted by Gasteiger charge is 2.25. The van der Waals surface area contributed by atoms with Crippen LogP contribution in [0.2, 0.25) is 5.02 Å². The molecule has 1 aromatic heterocycles. The van der Waals surface area contributed by atoms with E-state index >= 15 is 0 Å². The molecule has 7 heteroatoms. The largest absolute Gasteiger partial charge is 0.349 e. The second-order valence-corrected chi connectivity index (χ2v) is 8.13. The zero-order valence-electron chi connectivity index (χ0n) is 15.2. The highest BCUT2D eigenvalue weighted by Crippen LogP contribution is 2.30. The lowest BCUT2D eigenvalue weighted by molar-refractivity contribution is 0.0952. The van der Waals surface area contributed by atoms with Gasteiger partial charge in [0.1, 0.15) is 9.88 Å². The predicted octanol–water partition coefficient (Wildman–Crippen LogP) is 4.92. The quantitative estimate of drug-likeness (QED) is 0.626. The fourth-order valence-corrected chi connectivity index (χ4v) is 3.96. The molecule has 4 rings (SSSR count). The van der Waals surface area contributed by atoms with Crippen LogP contribution in [0.5, 0.6) is 0 Å². The molecule has 1 fully saturated rings. The molecule has 1 aliphatic rings. The minimum Gasteiger partial charge on any atom is -0.349 e. The third kappa shape index (κ3) is 4.08. The lowest BCUT2D eigenvalue weighted by Gasteiger charge is -2.10. The Morgan fingerprint density at radius 3 is 2.64 bits per heavy atom. The van der Waals surface area contributed by atoms with E-state index in [2.05, 4.69) is 15.6 Å². The molecule has 0 spiro atoms. The fourth-order valence-electron chi connectivity index (χ4n) is 2.81. The van der Waals surface area contributed by atoms with Gasteiger partial charge in [-0.3, -0.25) is 9.59 Å². The van der Waals surface area contributed by atoms with E-state index in [1.807, 2.05) is 18.2 Å². The number of halogens is 1. The van der Waals surface area contributed by atoms with Crippen molar-refractivity contribution in [2.24, 2.45) is 0 Å². The zero-order valence-corrected chi connectivity index (χ0v) is 16.7. The van der Waals surface area contributed by atoms with E-state index in [-0.39, 0.29) is 17.9 Å². The summed E-state index contributed by atoms with van der Waals surface area (Å²) >= 11 is 7.36. The number of rotatable bonds is 5. The second kappa shape index (κ2) is 7.73. The first kappa shape index (κ1) is 18.7. The molecule has 2 amide bonds. The summed E-state index contributed by atoms with van der Waals surface area (Å²) in [5.74, 6) is -0.450. The van der Waals surface area contributed by atoms with Crippen LogP contribution < -0.4 is 10.6 Å². The number of nitrogens with one attached hydrogen (secondary N) is 2. The molecule has 0 saturated heterocycles. The third-order valence-corrected chi connectivity index (χ3v) is 5.85. The Morgan fingerprint density at radius 2 is 1.89 bits per heavy atom. The molecule has 142 valence electrons. The van der Waals surface area contributed by atoms with Gasteiger partial charge in [-0.1, -0.05) is 35.9 Å². The van der Waals surface area contributed by atoms with Gasteiger partial charge in [0.15, 0.2) is 0 Å². The Bertz CT molecular complexity index is 1060. The Kier molecular flexibility index (Phi) is 5.15. The van der Waals surface area contributed by atoms with Crippen molar-refractivity contribution in [3.8, 4) is 10.6 Å². The van der Waals surface area contributed by atoms with Gasteiger partial charge in [0.2, 0.25) is 0 Å². The van der Waals surface area contributed by atoms with Crippen molar-refractivity contribution in [3.63, 3.8) is 0 Å². The Hall–Kier alpha value is -2.70. The van der Waals surface area contributed by atoms with Crippen LogP contribution in [0.3, 0.4) is 0 Å². The number of nitrogens with zero attached hydrogens (tertiary/aromatic N) is 1. The summed E-state index contributed by atoms with van der Waals surface area (Å²) in [6.07, 6.45) is 2.01. The highest BCUT2D eigenvalue weighted by atomic mass is 35.5. The number of carbonyl (C=O) groups excluding carboxylic acids is 2. The molecule has 0 bridgehead atoms. The maximum atomic E-state index is 12.9. The van der Waals surface area contributed by atoms with Gasteiger partial charge in [0.25, 0.3) is 11.8 Å². The van der Waals surface area contributed by atoms with Gasteiger partial charge in [0, 0.05) is 16.6 Å². The van der Waals surface area contributed by atoms with Crippen LogP contribution in [0.25, 0.3) is 10.6 Å². The molecule has 2 N–H and O–H groups in total.